The van der Waals surface area contributed by atoms with Crippen LogP contribution in [0.25, 0.3) is 11.6 Å². The number of carbonyl (C=O) groups is 2. The van der Waals surface area contributed by atoms with Gasteiger partial charge in [0.25, 0.3) is 11.8 Å². The number of unbranched alkanes of at least 4 members (excludes halogenated alkanes) is 4. The summed E-state index contributed by atoms with van der Waals surface area (Å²) in [6.45, 7) is 19.6. The molecule has 6 N–H and O–H groups in total. The van der Waals surface area contributed by atoms with Crippen LogP contribution in [0.1, 0.15) is 151 Å². The minimum absolute atomic E-state index is 0.00707. The molecule has 2 amide bonds. The van der Waals surface area contributed by atoms with Gasteiger partial charge in [0.05, 0.1) is 22.8 Å². The monoisotopic (exact) mass is 847 g/mol. The molecule has 332 valence electrons. The third kappa shape index (κ3) is 11.5. The molecule has 5 rings (SSSR count). The third-order valence-electron chi connectivity index (χ3n) is 10.6. The lowest BCUT2D eigenvalue weighted by Gasteiger charge is -2.22. The fourth-order valence-corrected chi connectivity index (χ4v) is 6.83. The van der Waals surface area contributed by atoms with Crippen LogP contribution in [-0.2, 0) is 0 Å². The minimum Gasteiger partial charge on any atom is -0.382 e. The molecular weight excluding hydrogens is 781 g/mol. The number of nitrogens with zero attached hydrogens (tertiary/aromatic N) is 10. The smallest absolute Gasteiger partial charge is 0.253 e. The van der Waals surface area contributed by atoms with Crippen molar-refractivity contribution in [2.24, 2.45) is 10.2 Å². The van der Waals surface area contributed by atoms with Gasteiger partial charge in [-0.05, 0) is 86.1 Å². The molecule has 0 atom stereocenters. The first kappa shape index (κ1) is 46.7. The van der Waals surface area contributed by atoms with Crippen molar-refractivity contribution in [1.29, 1.82) is 0 Å². The molecule has 0 aliphatic carbocycles. The van der Waals surface area contributed by atoms with Crippen molar-refractivity contribution in [2.45, 2.75) is 119 Å². The summed E-state index contributed by atoms with van der Waals surface area (Å²) in [5, 5.41) is 18.7. The van der Waals surface area contributed by atoms with Gasteiger partial charge in [0.15, 0.2) is 29.0 Å². The molecule has 3 aromatic heterocycles. The third-order valence-corrected chi connectivity index (χ3v) is 10.6. The fraction of sp³-hybridized carbons (Fsp3) is 0.478. The Bertz CT molecular complexity index is 2230. The van der Waals surface area contributed by atoms with Crippen molar-refractivity contribution in [3.05, 3.63) is 83.4 Å². The Kier molecular flexibility index (Phi) is 17.0. The maximum atomic E-state index is 13.3. The molecule has 0 radical (unpaired) electrons. The number of benzene rings is 2. The van der Waals surface area contributed by atoms with Crippen molar-refractivity contribution in [1.82, 2.24) is 39.3 Å². The summed E-state index contributed by atoms with van der Waals surface area (Å²) >= 11 is 0. The highest BCUT2D eigenvalue weighted by molar-refractivity contribution is 5.95. The van der Waals surface area contributed by atoms with E-state index in [4.69, 9.17) is 21.7 Å². The Labute approximate surface area is 366 Å². The van der Waals surface area contributed by atoms with E-state index >= 15 is 0 Å². The van der Waals surface area contributed by atoms with Gasteiger partial charge in [-0.2, -0.15) is 24.7 Å². The number of rotatable bonds is 23. The summed E-state index contributed by atoms with van der Waals surface area (Å²) in [4.78, 5) is 39.5. The zero-order chi connectivity index (χ0) is 44.8. The first-order valence-corrected chi connectivity index (χ1v) is 22.2. The van der Waals surface area contributed by atoms with Gasteiger partial charge >= 0.3 is 0 Å². The molecule has 0 aliphatic heterocycles. The number of amides is 2. The quantitative estimate of drug-likeness (QED) is 0.0362. The summed E-state index contributed by atoms with van der Waals surface area (Å²) in [5.74, 6) is 1.41. The Morgan fingerprint density at radius 1 is 0.629 bits per heavy atom. The van der Waals surface area contributed by atoms with Crippen molar-refractivity contribution < 1.29 is 9.59 Å². The van der Waals surface area contributed by atoms with Crippen LogP contribution < -0.4 is 22.3 Å². The van der Waals surface area contributed by atoms with Crippen molar-refractivity contribution in [3.8, 4) is 11.6 Å². The van der Waals surface area contributed by atoms with Gasteiger partial charge < -0.3 is 26.7 Å². The largest absolute Gasteiger partial charge is 0.382 e. The molecule has 0 saturated carbocycles. The lowest BCUT2D eigenvalue weighted by Crippen LogP contribution is -2.32. The maximum absolute atomic E-state index is 13.3. The number of nitrogens with one attached hydrogen (secondary N) is 2. The highest BCUT2D eigenvalue weighted by atomic mass is 16.2. The van der Waals surface area contributed by atoms with Crippen LogP contribution >= 0.6 is 0 Å². The van der Waals surface area contributed by atoms with E-state index in [0.29, 0.717) is 51.3 Å². The van der Waals surface area contributed by atoms with Crippen LogP contribution in [0.5, 0.6) is 0 Å². The standard InChI is InChI=1S/C46H66N14O2/c1-9-13-25-57(26-14-10-2)45(61)33-17-21-35(22-18-33)51-53-41-39(31(5)6)55-59(43(41)47)37-29-38(50-30-49-37)60-44(48)42(40(56-60)32(7)8)54-52-36-23-19-34(20-24-36)46(62)58(27-15-11-3)28-16-12-4/h17-24,29-32,51,53H,9-16,25-28,47-48H2,1-8H3. The number of nitrogens with two attached hydrogens (primary N) is 2. The molecule has 2 aromatic carbocycles. The lowest BCUT2D eigenvalue weighted by atomic mass is 10.1. The zero-order valence-corrected chi connectivity index (χ0v) is 37.9. The van der Waals surface area contributed by atoms with E-state index < -0.39 is 0 Å². The number of hydrogen-bond acceptors (Lipinski definition) is 12. The minimum atomic E-state index is -0.0366. The van der Waals surface area contributed by atoms with Crippen molar-refractivity contribution in [2.75, 3.05) is 48.5 Å². The van der Waals surface area contributed by atoms with Gasteiger partial charge in [0.1, 0.15) is 12.0 Å². The Hall–Kier alpha value is -6.32. The maximum Gasteiger partial charge on any atom is 0.253 e. The van der Waals surface area contributed by atoms with E-state index in [1.54, 1.807) is 35.0 Å². The summed E-state index contributed by atoms with van der Waals surface area (Å²) in [6, 6.07) is 16.3. The van der Waals surface area contributed by atoms with Crippen LogP contribution in [0.4, 0.5) is 34.4 Å². The SMILES string of the molecule is CCCCN(CCCC)C(=O)c1ccc(N=Nc2c(C(C)C)nn(-c3cc(-n4nc(C(C)C)c(NNc5ccc(C(=O)N(CCCC)CCCC)cc5)c4N)ncn3)c2N)cc1. The highest BCUT2D eigenvalue weighted by Gasteiger charge is 2.24. The number of nitrogen functional groups attached to an aromatic ring is 2. The molecule has 16 nitrogen and oxygen atoms in total. The molecule has 62 heavy (non-hydrogen) atoms. The van der Waals surface area contributed by atoms with Gasteiger partial charge in [-0.1, -0.05) is 81.1 Å². The Balaban J connectivity index is 1.35. The van der Waals surface area contributed by atoms with Crippen LogP contribution in [0.3, 0.4) is 0 Å². The van der Waals surface area contributed by atoms with Crippen molar-refractivity contribution >= 4 is 46.2 Å². The molecule has 3 heterocycles. The average Bonchev–Trinajstić information content (AvgIpc) is 3.80. The van der Waals surface area contributed by atoms with E-state index in [1.165, 1.54) is 11.0 Å². The molecule has 0 aliphatic rings. The van der Waals surface area contributed by atoms with Gasteiger partial charge in [-0.25, -0.2) is 9.97 Å². The number of carbonyl (C=O) groups excluding carboxylic acids is 2. The van der Waals surface area contributed by atoms with E-state index in [9.17, 15) is 9.59 Å². The summed E-state index contributed by atoms with van der Waals surface area (Å²) in [5.41, 5.74) is 25.0. The van der Waals surface area contributed by atoms with Gasteiger partial charge in [-0.15, -0.1) is 5.11 Å². The number of anilines is 4. The number of azo groups is 1. The van der Waals surface area contributed by atoms with Crippen LogP contribution in [0, 0.1) is 0 Å². The molecule has 0 saturated heterocycles. The van der Waals surface area contributed by atoms with Gasteiger partial charge in [-0.3, -0.25) is 15.0 Å². The molecule has 0 spiro atoms. The second-order valence-corrected chi connectivity index (χ2v) is 16.2. The second kappa shape index (κ2) is 22.5. The molecule has 0 fully saturated rings. The normalized spacial score (nSPS) is 11.5. The molecule has 0 bridgehead atoms. The Morgan fingerprint density at radius 3 is 1.55 bits per heavy atom. The van der Waals surface area contributed by atoms with E-state index in [2.05, 4.69) is 58.7 Å². The summed E-state index contributed by atoms with van der Waals surface area (Å²) in [7, 11) is 0. The van der Waals surface area contributed by atoms with Crippen LogP contribution in [0.15, 0.2) is 71.2 Å². The second-order valence-electron chi connectivity index (χ2n) is 16.2. The van der Waals surface area contributed by atoms with Crippen LogP contribution in [-0.4, -0.2) is 77.3 Å². The first-order valence-electron chi connectivity index (χ1n) is 22.2. The summed E-state index contributed by atoms with van der Waals surface area (Å²) in [6.07, 6.45) is 9.44. The predicted octanol–water partition coefficient (Wildman–Crippen LogP) is 10.2. The molecular formula is C46H66N14O2. The Morgan fingerprint density at radius 2 is 1.08 bits per heavy atom. The van der Waals surface area contributed by atoms with Gasteiger partial charge in [0, 0.05) is 43.4 Å². The van der Waals surface area contributed by atoms with Gasteiger partial charge in [0.2, 0.25) is 0 Å². The predicted molar refractivity (Wildman–Crippen MR) is 249 cm³/mol. The van der Waals surface area contributed by atoms with E-state index in [-0.39, 0.29) is 29.5 Å². The van der Waals surface area contributed by atoms with Crippen molar-refractivity contribution in [3.63, 3.8) is 0 Å². The lowest BCUT2D eigenvalue weighted by molar-refractivity contribution is 0.0743. The number of aromatic nitrogens is 6. The molecule has 16 heteroatoms. The molecule has 5 aromatic rings. The number of hydrazine groups is 1. The van der Waals surface area contributed by atoms with E-state index in [0.717, 1.165) is 88.9 Å². The number of hydrogen-bond donors (Lipinski definition) is 4. The average molecular weight is 847 g/mol. The topological polar surface area (TPSA) is 203 Å². The fourth-order valence-electron chi connectivity index (χ4n) is 6.83. The summed E-state index contributed by atoms with van der Waals surface area (Å²) < 4.78 is 3.07. The highest BCUT2D eigenvalue weighted by Crippen LogP contribution is 2.36. The first-order chi connectivity index (χ1) is 29.9. The van der Waals surface area contributed by atoms with Crippen LogP contribution in [0.2, 0.25) is 0 Å². The molecule has 0 unspecified atom stereocenters. The zero-order valence-electron chi connectivity index (χ0n) is 37.9. The van der Waals surface area contributed by atoms with E-state index in [1.807, 2.05) is 61.8 Å².